The van der Waals surface area contributed by atoms with Crippen molar-refractivity contribution in [1.29, 1.82) is 0 Å². The van der Waals surface area contributed by atoms with Gasteiger partial charge in [-0.15, -0.1) is 11.3 Å². The van der Waals surface area contributed by atoms with E-state index in [0.717, 1.165) is 18.4 Å². The second kappa shape index (κ2) is 13.8. The molecule has 0 aromatic carbocycles. The van der Waals surface area contributed by atoms with Crippen LogP contribution in [0.15, 0.2) is 16.1 Å². The summed E-state index contributed by atoms with van der Waals surface area (Å²) in [4.78, 5) is 31.2. The Morgan fingerprint density at radius 1 is 1.36 bits per heavy atom. The highest BCUT2D eigenvalue weighted by Gasteiger charge is 2.52. The van der Waals surface area contributed by atoms with E-state index in [1.807, 2.05) is 32.2 Å². The number of ketones is 1. The molecule has 12 heteroatoms. The van der Waals surface area contributed by atoms with Crippen molar-refractivity contribution in [2.24, 2.45) is 22.4 Å². The van der Waals surface area contributed by atoms with E-state index < -0.39 is 42.0 Å². The molecule has 0 aliphatic carbocycles. The average molecular weight is 567 g/mol. The maximum Gasteiger partial charge on any atom is 0.306 e. The molecular weight excluding hydrogens is 524 g/mol. The zero-order valence-electron chi connectivity index (χ0n) is 23.6. The van der Waals surface area contributed by atoms with Crippen molar-refractivity contribution in [3.63, 3.8) is 0 Å². The van der Waals surface area contributed by atoms with E-state index in [9.17, 15) is 24.9 Å². The number of aliphatic hydroxyl groups is 3. The van der Waals surface area contributed by atoms with E-state index >= 15 is 0 Å². The van der Waals surface area contributed by atoms with Gasteiger partial charge in [0, 0.05) is 16.2 Å². The molecule has 7 atom stereocenters. The molecule has 11 nitrogen and oxygen atoms in total. The first-order chi connectivity index (χ1) is 18.2. The largest absolute Gasteiger partial charge is 0.481 e. The minimum absolute atomic E-state index is 0.0861. The number of rotatable bonds is 17. The average Bonchev–Trinajstić information content (AvgIpc) is 3.28. The summed E-state index contributed by atoms with van der Waals surface area (Å²) in [5.41, 5.74) is 8.97. The highest BCUT2D eigenvalue weighted by Crippen LogP contribution is 2.45. The summed E-state index contributed by atoms with van der Waals surface area (Å²) >= 11 is 1.36. The summed E-state index contributed by atoms with van der Waals surface area (Å²) in [6, 6.07) is -0.395. The van der Waals surface area contributed by atoms with Gasteiger partial charge in [-0.05, 0) is 50.6 Å². The number of hydrogen-bond donors (Lipinski definition) is 4. The number of hydrogen-bond acceptors (Lipinski definition) is 9. The van der Waals surface area contributed by atoms with E-state index in [2.05, 4.69) is 15.0 Å². The molecule has 0 saturated carbocycles. The summed E-state index contributed by atoms with van der Waals surface area (Å²) in [6.07, 6.45) is 1.61. The van der Waals surface area contributed by atoms with Gasteiger partial charge in [0.1, 0.15) is 10.8 Å². The fourth-order valence-electron chi connectivity index (χ4n) is 4.96. The number of aliphatic hydroxyl groups excluding tert-OH is 3. The zero-order chi connectivity index (χ0) is 29.5. The van der Waals surface area contributed by atoms with E-state index in [1.165, 1.54) is 25.2 Å². The second-order valence-electron chi connectivity index (χ2n) is 11.4. The van der Waals surface area contributed by atoms with Gasteiger partial charge < -0.3 is 25.2 Å². The first kappa shape index (κ1) is 32.9. The van der Waals surface area contributed by atoms with Crippen LogP contribution in [-0.4, -0.2) is 67.1 Å². The normalized spacial score (nSPS) is 23.3. The number of azide groups is 1. The molecule has 1 aromatic rings. The topological polar surface area (TPSA) is 189 Å². The first-order valence-corrected chi connectivity index (χ1v) is 14.1. The van der Waals surface area contributed by atoms with Crippen LogP contribution in [0.25, 0.3) is 16.5 Å². The molecule has 2 heterocycles. The molecule has 2 rings (SSSR count). The number of Topliss-reactive ketones (excluding diaryl/α,β-unsaturated/α-hetero) is 1. The maximum absolute atomic E-state index is 13.0. The number of aromatic nitrogens is 1. The Hall–Kier alpha value is -2.34. The number of ether oxygens (including phenoxy) is 1. The SMILES string of the molecule is CC(=Cc1csc(CO)n1)[C@H](C[C@@H]1O[C@]1(C)CCC[C@H](C)[C@H](O)[C@@H](C)C(=O)C(C)(C)[C@@H](O)CC(=O)O)N=[N+]=[N-]. The summed E-state index contributed by atoms with van der Waals surface area (Å²) < 4.78 is 5.98. The van der Waals surface area contributed by atoms with Crippen LogP contribution >= 0.6 is 11.3 Å². The quantitative estimate of drug-likeness (QED) is 0.0917. The number of nitrogens with zero attached hydrogens (tertiary/aromatic N) is 4. The van der Waals surface area contributed by atoms with Crippen molar-refractivity contribution < 1.29 is 34.8 Å². The van der Waals surface area contributed by atoms with Crippen LogP contribution in [0.4, 0.5) is 0 Å². The second-order valence-corrected chi connectivity index (χ2v) is 12.4. The highest BCUT2D eigenvalue weighted by atomic mass is 32.1. The Balaban J connectivity index is 1.89. The fourth-order valence-corrected chi connectivity index (χ4v) is 5.57. The molecular formula is C27H42N4O7S. The van der Waals surface area contributed by atoms with E-state index in [1.54, 1.807) is 6.92 Å². The predicted octanol–water partition coefficient (Wildman–Crippen LogP) is 4.50. The van der Waals surface area contributed by atoms with E-state index in [-0.39, 0.29) is 30.0 Å². The van der Waals surface area contributed by atoms with E-state index in [4.69, 9.17) is 15.4 Å². The lowest BCUT2D eigenvalue weighted by atomic mass is 9.73. The van der Waals surface area contributed by atoms with Gasteiger partial charge in [-0.3, -0.25) is 9.59 Å². The Labute approximate surface area is 233 Å². The van der Waals surface area contributed by atoms with Crippen molar-refractivity contribution in [3.8, 4) is 0 Å². The van der Waals surface area contributed by atoms with Crippen molar-refractivity contribution in [2.45, 2.75) is 110 Å². The number of epoxide rings is 1. The van der Waals surface area contributed by atoms with Gasteiger partial charge in [0.05, 0.1) is 54.1 Å². The molecule has 218 valence electrons. The highest BCUT2D eigenvalue weighted by molar-refractivity contribution is 7.09. The van der Waals surface area contributed by atoms with Crippen LogP contribution < -0.4 is 0 Å². The Morgan fingerprint density at radius 3 is 2.59 bits per heavy atom. The van der Waals surface area contributed by atoms with Crippen LogP contribution in [0, 0.1) is 17.3 Å². The summed E-state index contributed by atoms with van der Waals surface area (Å²) in [5, 5.41) is 45.6. The first-order valence-electron chi connectivity index (χ1n) is 13.2. The molecule has 1 fully saturated rings. The standard InChI is InChI=1S/C27H42N4O7S/c1-15(24(36)17(3)25(37)26(4,5)20(33)12-23(34)35)8-7-9-27(6)21(38-27)11-19(30-31-28)16(2)10-18-14-39-22(13-32)29-18/h10,14-15,17,19-21,24,32-33,36H,7-9,11-13H2,1-6H3,(H,34,35)/t15-,17+,19-,20-,21-,24-,27+/m0/s1. The van der Waals surface area contributed by atoms with Crippen LogP contribution in [0.1, 0.15) is 84.3 Å². The Morgan fingerprint density at radius 2 is 2.03 bits per heavy atom. The van der Waals surface area contributed by atoms with Gasteiger partial charge in [0.15, 0.2) is 0 Å². The lowest BCUT2D eigenvalue weighted by Gasteiger charge is -2.34. The van der Waals surface area contributed by atoms with Gasteiger partial charge >= 0.3 is 5.97 Å². The lowest BCUT2D eigenvalue weighted by Crippen LogP contribution is -2.45. The van der Waals surface area contributed by atoms with Gasteiger partial charge in [0.2, 0.25) is 0 Å². The van der Waals surface area contributed by atoms with Crippen molar-refractivity contribution >= 4 is 29.2 Å². The third kappa shape index (κ3) is 8.83. The molecule has 4 N–H and O–H groups in total. The maximum atomic E-state index is 13.0. The lowest BCUT2D eigenvalue weighted by molar-refractivity contribution is -0.147. The molecule has 0 radical (unpaired) electrons. The summed E-state index contributed by atoms with van der Waals surface area (Å²) in [6.45, 7) is 10.3. The monoisotopic (exact) mass is 566 g/mol. The zero-order valence-corrected chi connectivity index (χ0v) is 24.4. The third-order valence-electron chi connectivity index (χ3n) is 7.95. The van der Waals surface area contributed by atoms with E-state index in [0.29, 0.717) is 23.5 Å². The van der Waals surface area contributed by atoms with Gasteiger partial charge in [0.25, 0.3) is 0 Å². The van der Waals surface area contributed by atoms with Gasteiger partial charge in [-0.1, -0.05) is 44.8 Å². The molecule has 1 aromatic heterocycles. The minimum Gasteiger partial charge on any atom is -0.481 e. The van der Waals surface area contributed by atoms with Crippen molar-refractivity contribution in [2.75, 3.05) is 0 Å². The van der Waals surface area contributed by atoms with Gasteiger partial charge in [-0.25, -0.2) is 4.98 Å². The summed E-state index contributed by atoms with van der Waals surface area (Å²) in [5.74, 6) is -2.51. The van der Waals surface area contributed by atoms with Crippen molar-refractivity contribution in [3.05, 3.63) is 32.1 Å². The number of carboxylic acid groups (broad SMARTS) is 1. The summed E-state index contributed by atoms with van der Waals surface area (Å²) in [7, 11) is 0. The van der Waals surface area contributed by atoms with Crippen LogP contribution in [0.5, 0.6) is 0 Å². The third-order valence-corrected chi connectivity index (χ3v) is 8.80. The molecule has 0 bridgehead atoms. The molecule has 39 heavy (non-hydrogen) atoms. The predicted molar refractivity (Wildman–Crippen MR) is 148 cm³/mol. The number of carbonyl (C=O) groups excluding carboxylic acids is 1. The Bertz CT molecular complexity index is 1080. The molecule has 0 spiro atoms. The fraction of sp³-hybridized carbons (Fsp3) is 0.741. The van der Waals surface area contributed by atoms with Crippen LogP contribution in [-0.2, 0) is 20.9 Å². The Kier molecular flexibility index (Phi) is 11.7. The van der Waals surface area contributed by atoms with Gasteiger partial charge in [-0.2, -0.15) is 0 Å². The van der Waals surface area contributed by atoms with Crippen molar-refractivity contribution in [1.82, 2.24) is 4.98 Å². The van der Waals surface area contributed by atoms with Crippen LogP contribution in [0.2, 0.25) is 0 Å². The number of aliphatic carboxylic acids is 1. The molecule has 1 saturated heterocycles. The molecule has 0 unspecified atom stereocenters. The number of carboxylic acids is 1. The molecule has 1 aliphatic heterocycles. The minimum atomic E-state index is -1.34. The number of thiazole rings is 1. The number of carbonyl (C=O) groups is 2. The molecule has 0 amide bonds. The van der Waals surface area contributed by atoms with Crippen LogP contribution in [0.3, 0.4) is 0 Å². The molecule has 1 aliphatic rings. The smallest absolute Gasteiger partial charge is 0.306 e.